The molecule has 1 saturated carbocycles. The summed E-state index contributed by atoms with van der Waals surface area (Å²) in [6.45, 7) is 4.75. The molecule has 0 atom stereocenters. The Balaban J connectivity index is 2.02. The number of nitrogens with one attached hydrogen (secondary N) is 1. The second kappa shape index (κ2) is 7.75. The van der Waals surface area contributed by atoms with Crippen LogP contribution in [0.2, 0.25) is 0 Å². The van der Waals surface area contributed by atoms with Crippen molar-refractivity contribution in [3.63, 3.8) is 0 Å². The summed E-state index contributed by atoms with van der Waals surface area (Å²) in [7, 11) is 0. The van der Waals surface area contributed by atoms with E-state index in [2.05, 4.69) is 16.8 Å². The highest BCUT2D eigenvalue weighted by Gasteiger charge is 2.23. The fraction of sp³-hybridized carbons (Fsp3) is 0.412. The Labute approximate surface area is 131 Å². The van der Waals surface area contributed by atoms with Crippen LogP contribution in [0.4, 0.5) is 5.69 Å². The first-order chi connectivity index (χ1) is 10.6. The first-order valence-corrected chi connectivity index (χ1v) is 7.65. The van der Waals surface area contributed by atoms with Crippen LogP contribution in [0.15, 0.2) is 36.9 Å². The zero-order chi connectivity index (χ0) is 15.9. The summed E-state index contributed by atoms with van der Waals surface area (Å²) >= 11 is 0. The van der Waals surface area contributed by atoms with E-state index < -0.39 is 5.91 Å². The van der Waals surface area contributed by atoms with Gasteiger partial charge >= 0.3 is 0 Å². The van der Waals surface area contributed by atoms with Gasteiger partial charge in [-0.15, -0.1) is 6.58 Å². The van der Waals surface area contributed by atoms with Gasteiger partial charge in [-0.3, -0.25) is 14.5 Å². The predicted octanol–water partition coefficient (Wildman–Crippen LogP) is 2.15. The maximum absolute atomic E-state index is 12.3. The lowest BCUT2D eigenvalue weighted by molar-refractivity contribution is -0.117. The van der Waals surface area contributed by atoms with Gasteiger partial charge in [0.25, 0.3) is 5.91 Å². The number of nitrogens with two attached hydrogens (primary N) is 1. The van der Waals surface area contributed by atoms with Gasteiger partial charge in [-0.05, 0) is 25.0 Å². The van der Waals surface area contributed by atoms with Gasteiger partial charge in [0.1, 0.15) is 0 Å². The second-order valence-electron chi connectivity index (χ2n) is 5.61. The average molecular weight is 301 g/mol. The Hall–Kier alpha value is -2.14. The molecule has 1 fully saturated rings. The molecule has 0 unspecified atom stereocenters. The summed E-state index contributed by atoms with van der Waals surface area (Å²) in [5, 5.41) is 2.79. The van der Waals surface area contributed by atoms with Gasteiger partial charge < -0.3 is 11.1 Å². The van der Waals surface area contributed by atoms with Crippen LogP contribution in [0, 0.1) is 0 Å². The fourth-order valence-electron chi connectivity index (χ4n) is 2.96. The number of primary amides is 1. The molecule has 1 aromatic carbocycles. The van der Waals surface area contributed by atoms with Gasteiger partial charge in [0.2, 0.25) is 5.91 Å². The third-order valence-electron chi connectivity index (χ3n) is 4.02. The first kappa shape index (κ1) is 16.2. The van der Waals surface area contributed by atoms with E-state index in [1.165, 1.54) is 12.8 Å². The fourth-order valence-corrected chi connectivity index (χ4v) is 2.96. The van der Waals surface area contributed by atoms with Crippen LogP contribution >= 0.6 is 0 Å². The summed E-state index contributed by atoms with van der Waals surface area (Å²) in [6, 6.07) is 7.22. The van der Waals surface area contributed by atoms with E-state index in [0.29, 0.717) is 30.4 Å². The van der Waals surface area contributed by atoms with E-state index in [4.69, 9.17) is 5.73 Å². The van der Waals surface area contributed by atoms with E-state index in [0.717, 1.165) is 12.8 Å². The molecule has 0 radical (unpaired) electrons. The smallest absolute Gasteiger partial charge is 0.250 e. The Bertz CT molecular complexity index is 551. The van der Waals surface area contributed by atoms with Crippen LogP contribution in [-0.2, 0) is 4.79 Å². The molecular formula is C17H23N3O2. The lowest BCUT2D eigenvalue weighted by Crippen LogP contribution is -2.39. The quantitative estimate of drug-likeness (QED) is 0.758. The molecule has 0 aromatic heterocycles. The summed E-state index contributed by atoms with van der Waals surface area (Å²) in [5.41, 5.74) is 6.11. The number of hydrogen-bond acceptors (Lipinski definition) is 3. The SMILES string of the molecule is C=CCN(CC(=O)Nc1ccccc1C(N)=O)C1CCCC1. The minimum absolute atomic E-state index is 0.137. The highest BCUT2D eigenvalue weighted by atomic mass is 16.2. The number of para-hydroxylation sites is 1. The van der Waals surface area contributed by atoms with E-state index in [1.807, 2.05) is 6.08 Å². The van der Waals surface area contributed by atoms with Gasteiger partial charge in [0.15, 0.2) is 0 Å². The molecule has 0 aliphatic heterocycles. The van der Waals surface area contributed by atoms with Crippen LogP contribution in [0.1, 0.15) is 36.0 Å². The molecule has 0 bridgehead atoms. The van der Waals surface area contributed by atoms with Crippen LogP contribution in [0.3, 0.4) is 0 Å². The van der Waals surface area contributed by atoms with Crippen molar-refractivity contribution in [2.24, 2.45) is 5.73 Å². The molecule has 0 spiro atoms. The van der Waals surface area contributed by atoms with Crippen molar-refractivity contribution in [3.8, 4) is 0 Å². The van der Waals surface area contributed by atoms with E-state index in [9.17, 15) is 9.59 Å². The molecule has 0 heterocycles. The molecule has 22 heavy (non-hydrogen) atoms. The molecule has 2 rings (SSSR count). The first-order valence-electron chi connectivity index (χ1n) is 7.65. The van der Waals surface area contributed by atoms with Crippen molar-refractivity contribution in [3.05, 3.63) is 42.5 Å². The minimum atomic E-state index is -0.547. The summed E-state index contributed by atoms with van der Waals surface area (Å²) < 4.78 is 0. The average Bonchev–Trinajstić information content (AvgIpc) is 3.01. The Kier molecular flexibility index (Phi) is 5.72. The predicted molar refractivity (Wildman–Crippen MR) is 87.6 cm³/mol. The molecule has 5 heteroatoms. The van der Waals surface area contributed by atoms with Crippen molar-refractivity contribution in [1.82, 2.24) is 4.90 Å². The second-order valence-corrected chi connectivity index (χ2v) is 5.61. The van der Waals surface area contributed by atoms with Crippen molar-refractivity contribution < 1.29 is 9.59 Å². The number of rotatable bonds is 7. The standard InChI is InChI=1S/C17H23N3O2/c1-2-11-20(13-7-3-4-8-13)12-16(21)19-15-10-6-5-9-14(15)17(18)22/h2,5-6,9-10,13H,1,3-4,7-8,11-12H2,(H2,18,22)(H,19,21). The summed E-state index contributed by atoms with van der Waals surface area (Å²) in [5.74, 6) is -0.683. The van der Waals surface area contributed by atoms with Crippen LogP contribution in [0.5, 0.6) is 0 Å². The normalized spacial score (nSPS) is 15.0. The number of benzene rings is 1. The molecule has 5 nitrogen and oxygen atoms in total. The van der Waals surface area contributed by atoms with Crippen LogP contribution in [-0.4, -0.2) is 35.8 Å². The van der Waals surface area contributed by atoms with Crippen molar-refractivity contribution >= 4 is 17.5 Å². The Morgan fingerprint density at radius 3 is 2.64 bits per heavy atom. The third-order valence-corrected chi connectivity index (χ3v) is 4.02. The number of hydrogen-bond donors (Lipinski definition) is 2. The maximum atomic E-state index is 12.3. The number of anilines is 1. The Morgan fingerprint density at radius 2 is 2.00 bits per heavy atom. The van der Waals surface area contributed by atoms with Gasteiger partial charge in [0.05, 0.1) is 17.8 Å². The minimum Gasteiger partial charge on any atom is -0.366 e. The monoisotopic (exact) mass is 301 g/mol. The zero-order valence-electron chi connectivity index (χ0n) is 12.8. The van der Waals surface area contributed by atoms with Gasteiger partial charge in [-0.1, -0.05) is 31.1 Å². The molecule has 0 saturated heterocycles. The van der Waals surface area contributed by atoms with Crippen molar-refractivity contribution in [2.45, 2.75) is 31.7 Å². The molecular weight excluding hydrogens is 278 g/mol. The zero-order valence-corrected chi connectivity index (χ0v) is 12.8. The molecule has 2 amide bonds. The third kappa shape index (κ3) is 4.18. The molecule has 118 valence electrons. The number of carbonyl (C=O) groups is 2. The summed E-state index contributed by atoms with van der Waals surface area (Å²) in [6.07, 6.45) is 6.50. The molecule has 1 aliphatic rings. The van der Waals surface area contributed by atoms with E-state index >= 15 is 0 Å². The van der Waals surface area contributed by atoms with Crippen LogP contribution < -0.4 is 11.1 Å². The molecule has 1 aromatic rings. The summed E-state index contributed by atoms with van der Waals surface area (Å²) in [4.78, 5) is 25.8. The van der Waals surface area contributed by atoms with Gasteiger partial charge in [-0.25, -0.2) is 0 Å². The number of amides is 2. The molecule has 1 aliphatic carbocycles. The van der Waals surface area contributed by atoms with Gasteiger partial charge in [0, 0.05) is 12.6 Å². The van der Waals surface area contributed by atoms with E-state index in [-0.39, 0.29) is 5.91 Å². The molecule has 3 N–H and O–H groups in total. The number of carbonyl (C=O) groups excluding carboxylic acids is 2. The van der Waals surface area contributed by atoms with Gasteiger partial charge in [-0.2, -0.15) is 0 Å². The highest BCUT2D eigenvalue weighted by molar-refractivity contribution is 6.03. The van der Waals surface area contributed by atoms with Crippen LogP contribution in [0.25, 0.3) is 0 Å². The lowest BCUT2D eigenvalue weighted by atomic mass is 10.1. The highest BCUT2D eigenvalue weighted by Crippen LogP contribution is 2.23. The van der Waals surface area contributed by atoms with Crippen molar-refractivity contribution in [1.29, 1.82) is 0 Å². The largest absolute Gasteiger partial charge is 0.366 e. The number of nitrogens with zero attached hydrogens (tertiary/aromatic N) is 1. The topological polar surface area (TPSA) is 75.4 Å². The maximum Gasteiger partial charge on any atom is 0.250 e. The lowest BCUT2D eigenvalue weighted by Gasteiger charge is -2.26. The Morgan fingerprint density at radius 1 is 1.32 bits per heavy atom. The van der Waals surface area contributed by atoms with Crippen molar-refractivity contribution in [2.75, 3.05) is 18.4 Å². The van der Waals surface area contributed by atoms with E-state index in [1.54, 1.807) is 24.3 Å².